The van der Waals surface area contributed by atoms with Gasteiger partial charge in [0.2, 0.25) is 0 Å². The number of hydrogen-bond acceptors (Lipinski definition) is 4. The van der Waals surface area contributed by atoms with Crippen molar-refractivity contribution in [2.75, 3.05) is 12.3 Å². The van der Waals surface area contributed by atoms with Gasteiger partial charge in [-0.1, -0.05) is 5.16 Å². The van der Waals surface area contributed by atoms with E-state index < -0.39 is 0 Å². The maximum absolute atomic E-state index is 5.43. The van der Waals surface area contributed by atoms with Crippen LogP contribution in [-0.4, -0.2) is 17.7 Å². The summed E-state index contributed by atoms with van der Waals surface area (Å²) in [4.78, 5) is 0. The second-order valence-corrected chi connectivity index (χ2v) is 3.22. The molecule has 0 amide bonds. The number of anilines is 1. The number of rotatable bonds is 2. The van der Waals surface area contributed by atoms with E-state index in [1.54, 1.807) is 6.07 Å². The van der Waals surface area contributed by atoms with Crippen LogP contribution in [0.3, 0.4) is 0 Å². The van der Waals surface area contributed by atoms with E-state index in [-0.39, 0.29) is 0 Å². The molecule has 0 bridgehead atoms. The topological polar surface area (TPSA) is 64.1 Å². The summed E-state index contributed by atoms with van der Waals surface area (Å²) in [5, 5.41) is 7.02. The van der Waals surface area contributed by atoms with Gasteiger partial charge in [-0.3, -0.25) is 0 Å². The standard InChI is InChI=1S/C8H13N3O/c9-8-5-7(12-11-8)4-6-2-1-3-10-6/h5-6,10H,1-4H2,(H2,9,11). The van der Waals surface area contributed by atoms with E-state index in [1.165, 1.54) is 12.8 Å². The minimum atomic E-state index is 0.475. The van der Waals surface area contributed by atoms with Gasteiger partial charge in [0.25, 0.3) is 0 Å². The van der Waals surface area contributed by atoms with Gasteiger partial charge in [-0.2, -0.15) is 0 Å². The van der Waals surface area contributed by atoms with Crippen molar-refractivity contribution in [1.29, 1.82) is 0 Å². The number of aromatic nitrogens is 1. The highest BCUT2D eigenvalue weighted by molar-refractivity contribution is 5.26. The first-order chi connectivity index (χ1) is 5.84. The van der Waals surface area contributed by atoms with Crippen LogP contribution >= 0.6 is 0 Å². The predicted molar refractivity (Wildman–Crippen MR) is 45.6 cm³/mol. The van der Waals surface area contributed by atoms with Gasteiger partial charge in [-0.05, 0) is 19.4 Å². The van der Waals surface area contributed by atoms with E-state index >= 15 is 0 Å². The van der Waals surface area contributed by atoms with Crippen LogP contribution in [0, 0.1) is 0 Å². The van der Waals surface area contributed by atoms with Gasteiger partial charge in [0, 0.05) is 18.5 Å². The molecule has 4 heteroatoms. The van der Waals surface area contributed by atoms with Gasteiger partial charge in [0.15, 0.2) is 5.82 Å². The summed E-state index contributed by atoms with van der Waals surface area (Å²) in [6.45, 7) is 1.12. The Morgan fingerprint density at radius 1 is 1.75 bits per heavy atom. The maximum Gasteiger partial charge on any atom is 0.167 e. The Bertz CT molecular complexity index is 253. The molecule has 1 saturated heterocycles. The quantitative estimate of drug-likeness (QED) is 0.675. The molecule has 2 rings (SSSR count). The van der Waals surface area contributed by atoms with Crippen LogP contribution in [0.1, 0.15) is 18.6 Å². The van der Waals surface area contributed by atoms with E-state index in [2.05, 4.69) is 10.5 Å². The minimum absolute atomic E-state index is 0.475. The van der Waals surface area contributed by atoms with Crippen molar-refractivity contribution >= 4 is 5.82 Å². The van der Waals surface area contributed by atoms with Crippen LogP contribution < -0.4 is 11.1 Å². The normalized spacial score (nSPS) is 23.2. The SMILES string of the molecule is Nc1cc(CC2CCCN2)on1. The van der Waals surface area contributed by atoms with E-state index in [0.29, 0.717) is 11.9 Å². The summed E-state index contributed by atoms with van der Waals surface area (Å²) in [7, 11) is 0. The summed E-state index contributed by atoms with van der Waals surface area (Å²) >= 11 is 0. The first-order valence-corrected chi connectivity index (χ1v) is 4.29. The molecule has 0 aromatic carbocycles. The Kier molecular flexibility index (Phi) is 1.99. The summed E-state index contributed by atoms with van der Waals surface area (Å²) in [5.74, 6) is 1.36. The molecule has 1 aliphatic heterocycles. The molecule has 12 heavy (non-hydrogen) atoms. The molecule has 1 fully saturated rings. The fourth-order valence-electron chi connectivity index (χ4n) is 1.60. The average molecular weight is 167 g/mol. The molecule has 0 aliphatic carbocycles. The lowest BCUT2D eigenvalue weighted by molar-refractivity contribution is 0.372. The zero-order chi connectivity index (χ0) is 8.39. The van der Waals surface area contributed by atoms with Crippen LogP contribution in [0.2, 0.25) is 0 Å². The Morgan fingerprint density at radius 3 is 3.25 bits per heavy atom. The lowest BCUT2D eigenvalue weighted by Crippen LogP contribution is -2.23. The summed E-state index contributed by atoms with van der Waals surface area (Å²) < 4.78 is 5.01. The number of hydrogen-bond donors (Lipinski definition) is 2. The monoisotopic (exact) mass is 167 g/mol. The number of nitrogens with one attached hydrogen (secondary N) is 1. The summed E-state index contributed by atoms with van der Waals surface area (Å²) in [6.07, 6.45) is 3.39. The van der Waals surface area contributed by atoms with Crippen LogP contribution in [0.4, 0.5) is 5.82 Å². The average Bonchev–Trinajstić information content (AvgIpc) is 2.63. The first kappa shape index (κ1) is 7.61. The summed E-state index contributed by atoms with van der Waals surface area (Å²) in [6, 6.07) is 2.34. The highest BCUT2D eigenvalue weighted by atomic mass is 16.5. The molecule has 0 radical (unpaired) electrons. The molecule has 66 valence electrons. The van der Waals surface area contributed by atoms with Crippen LogP contribution in [0.25, 0.3) is 0 Å². The molecule has 1 unspecified atom stereocenters. The van der Waals surface area contributed by atoms with Crippen molar-refractivity contribution < 1.29 is 4.52 Å². The van der Waals surface area contributed by atoms with Gasteiger partial charge in [0.05, 0.1) is 0 Å². The van der Waals surface area contributed by atoms with Crippen molar-refractivity contribution in [2.45, 2.75) is 25.3 Å². The fraction of sp³-hybridized carbons (Fsp3) is 0.625. The van der Waals surface area contributed by atoms with E-state index in [4.69, 9.17) is 10.3 Å². The fourth-order valence-corrected chi connectivity index (χ4v) is 1.60. The molecule has 2 heterocycles. The third-order valence-corrected chi connectivity index (χ3v) is 2.19. The number of nitrogen functional groups attached to an aromatic ring is 1. The van der Waals surface area contributed by atoms with Crippen molar-refractivity contribution in [2.24, 2.45) is 0 Å². The molecule has 0 spiro atoms. The molecule has 1 aliphatic rings. The maximum atomic E-state index is 5.43. The molecular weight excluding hydrogens is 154 g/mol. The minimum Gasteiger partial charge on any atom is -0.381 e. The zero-order valence-electron chi connectivity index (χ0n) is 6.92. The van der Waals surface area contributed by atoms with Crippen LogP contribution in [0.15, 0.2) is 10.6 Å². The third-order valence-electron chi connectivity index (χ3n) is 2.19. The van der Waals surface area contributed by atoms with E-state index in [1.807, 2.05) is 0 Å². The van der Waals surface area contributed by atoms with Crippen LogP contribution in [0.5, 0.6) is 0 Å². The molecular formula is C8H13N3O. The first-order valence-electron chi connectivity index (χ1n) is 4.29. The number of nitrogens with zero attached hydrogens (tertiary/aromatic N) is 1. The van der Waals surface area contributed by atoms with E-state index in [9.17, 15) is 0 Å². The number of nitrogens with two attached hydrogens (primary N) is 1. The Balaban J connectivity index is 1.94. The lowest BCUT2D eigenvalue weighted by atomic mass is 10.1. The molecule has 0 saturated carbocycles. The van der Waals surface area contributed by atoms with Gasteiger partial charge in [-0.15, -0.1) is 0 Å². The van der Waals surface area contributed by atoms with Gasteiger partial charge in [0.1, 0.15) is 5.76 Å². The van der Waals surface area contributed by atoms with Crippen LogP contribution in [-0.2, 0) is 6.42 Å². The molecule has 3 N–H and O–H groups in total. The molecule has 1 atom stereocenters. The Hall–Kier alpha value is -1.03. The summed E-state index contributed by atoms with van der Waals surface area (Å²) in [5.41, 5.74) is 5.43. The Morgan fingerprint density at radius 2 is 2.67 bits per heavy atom. The Labute approximate surface area is 71.1 Å². The van der Waals surface area contributed by atoms with E-state index in [0.717, 1.165) is 18.7 Å². The highest BCUT2D eigenvalue weighted by Crippen LogP contribution is 2.13. The van der Waals surface area contributed by atoms with Crippen molar-refractivity contribution in [3.05, 3.63) is 11.8 Å². The largest absolute Gasteiger partial charge is 0.381 e. The second-order valence-electron chi connectivity index (χ2n) is 3.22. The third kappa shape index (κ3) is 1.58. The molecule has 1 aromatic rings. The zero-order valence-corrected chi connectivity index (χ0v) is 6.92. The predicted octanol–water partition coefficient (Wildman–Crippen LogP) is 0.551. The second kappa shape index (κ2) is 3.15. The van der Waals surface area contributed by atoms with Gasteiger partial charge in [-0.25, -0.2) is 0 Å². The van der Waals surface area contributed by atoms with Crippen molar-refractivity contribution in [3.63, 3.8) is 0 Å². The van der Waals surface area contributed by atoms with Gasteiger partial charge < -0.3 is 15.6 Å². The lowest BCUT2D eigenvalue weighted by Gasteiger charge is -2.05. The van der Waals surface area contributed by atoms with Crippen molar-refractivity contribution in [3.8, 4) is 0 Å². The molecule has 1 aromatic heterocycles. The van der Waals surface area contributed by atoms with Crippen molar-refractivity contribution in [1.82, 2.24) is 10.5 Å². The highest BCUT2D eigenvalue weighted by Gasteiger charge is 2.16. The molecule has 4 nitrogen and oxygen atoms in total. The smallest absolute Gasteiger partial charge is 0.167 e. The van der Waals surface area contributed by atoms with Gasteiger partial charge >= 0.3 is 0 Å².